The van der Waals surface area contributed by atoms with E-state index in [2.05, 4.69) is 40.7 Å². The number of hydrogen-bond acceptors (Lipinski definition) is 2. The fraction of sp³-hybridized carbons (Fsp3) is 0.833. The van der Waals surface area contributed by atoms with E-state index in [0.29, 0.717) is 0 Å². The smallest absolute Gasteiger partial charge is 0.400 e. The Morgan fingerprint density at radius 3 is 2.07 bits per heavy atom. The van der Waals surface area contributed by atoms with Gasteiger partial charge in [0.05, 0.1) is 11.2 Å². The second-order valence-electron chi connectivity index (χ2n) is 5.20. The molecule has 0 N–H and O–H groups in total. The maximum atomic E-state index is 5.84. The molecule has 1 heterocycles. The SMILES string of the molecule is CCCC/C=C/B1OC(C)(C)C(C)(C)O1. The van der Waals surface area contributed by atoms with Crippen molar-refractivity contribution in [3.05, 3.63) is 12.1 Å². The zero-order chi connectivity index (χ0) is 11.5. The molecular formula is C12H23BO2. The monoisotopic (exact) mass is 210 g/mol. The Morgan fingerprint density at radius 2 is 1.60 bits per heavy atom. The molecule has 1 fully saturated rings. The van der Waals surface area contributed by atoms with Crippen molar-refractivity contribution in [1.29, 1.82) is 0 Å². The van der Waals surface area contributed by atoms with Crippen LogP contribution in [0, 0.1) is 0 Å². The lowest BCUT2D eigenvalue weighted by Gasteiger charge is -2.32. The van der Waals surface area contributed by atoms with E-state index < -0.39 is 0 Å². The van der Waals surface area contributed by atoms with E-state index in [1.165, 1.54) is 12.8 Å². The second kappa shape index (κ2) is 4.71. The first-order valence-corrected chi connectivity index (χ1v) is 5.91. The highest BCUT2D eigenvalue weighted by molar-refractivity contribution is 6.51. The molecule has 0 bridgehead atoms. The topological polar surface area (TPSA) is 18.5 Å². The standard InChI is InChI=1S/C12H23BO2/c1-6-7-8-9-10-13-14-11(2,3)12(4,5)15-13/h9-10H,6-8H2,1-5H3/b10-9+. The van der Waals surface area contributed by atoms with Crippen molar-refractivity contribution in [2.24, 2.45) is 0 Å². The third-order valence-corrected chi connectivity index (χ3v) is 3.29. The first-order chi connectivity index (χ1) is 6.89. The van der Waals surface area contributed by atoms with E-state index >= 15 is 0 Å². The van der Waals surface area contributed by atoms with Crippen LogP contribution in [0.4, 0.5) is 0 Å². The minimum atomic E-state index is -0.216. The van der Waals surface area contributed by atoms with Crippen molar-refractivity contribution in [3.8, 4) is 0 Å². The predicted molar refractivity (Wildman–Crippen MR) is 64.7 cm³/mol. The normalized spacial score (nSPS) is 23.9. The molecule has 86 valence electrons. The summed E-state index contributed by atoms with van der Waals surface area (Å²) in [7, 11) is -0.174. The van der Waals surface area contributed by atoms with Crippen LogP contribution in [-0.2, 0) is 9.31 Å². The van der Waals surface area contributed by atoms with E-state index in [-0.39, 0.29) is 18.3 Å². The highest BCUT2D eigenvalue weighted by Gasteiger charge is 2.49. The van der Waals surface area contributed by atoms with Gasteiger partial charge in [-0.3, -0.25) is 0 Å². The van der Waals surface area contributed by atoms with Gasteiger partial charge in [0, 0.05) is 0 Å². The zero-order valence-electron chi connectivity index (χ0n) is 10.7. The van der Waals surface area contributed by atoms with Crippen molar-refractivity contribution < 1.29 is 9.31 Å². The van der Waals surface area contributed by atoms with E-state index in [1.807, 2.05) is 5.98 Å². The lowest BCUT2D eigenvalue weighted by atomic mass is 9.89. The van der Waals surface area contributed by atoms with Crippen LogP contribution < -0.4 is 0 Å². The van der Waals surface area contributed by atoms with Crippen molar-refractivity contribution in [1.82, 2.24) is 0 Å². The van der Waals surface area contributed by atoms with Gasteiger partial charge in [-0.1, -0.05) is 31.8 Å². The van der Waals surface area contributed by atoms with E-state index in [0.717, 1.165) is 6.42 Å². The maximum absolute atomic E-state index is 5.84. The molecule has 0 spiro atoms. The molecule has 1 aliphatic heterocycles. The molecule has 0 saturated carbocycles. The number of unbranched alkanes of at least 4 members (excludes halogenated alkanes) is 2. The van der Waals surface area contributed by atoms with Gasteiger partial charge in [-0.2, -0.15) is 0 Å². The summed E-state index contributed by atoms with van der Waals surface area (Å²) in [6.45, 7) is 10.5. The molecule has 0 aromatic carbocycles. The highest BCUT2D eigenvalue weighted by Crippen LogP contribution is 2.36. The predicted octanol–water partition coefficient (Wildman–Crippen LogP) is 3.36. The van der Waals surface area contributed by atoms with Crippen molar-refractivity contribution in [2.45, 2.75) is 65.1 Å². The van der Waals surface area contributed by atoms with Gasteiger partial charge in [0.25, 0.3) is 0 Å². The van der Waals surface area contributed by atoms with Crippen LogP contribution >= 0.6 is 0 Å². The van der Waals surface area contributed by atoms with Crippen molar-refractivity contribution >= 4 is 7.12 Å². The largest absolute Gasteiger partial charge is 0.486 e. The summed E-state index contributed by atoms with van der Waals surface area (Å²) in [5.74, 6) is 2.03. The first kappa shape index (κ1) is 12.8. The molecule has 1 saturated heterocycles. The second-order valence-corrected chi connectivity index (χ2v) is 5.20. The summed E-state index contributed by atoms with van der Waals surface area (Å²) in [6, 6.07) is 0. The number of allylic oxidation sites excluding steroid dienone is 1. The van der Waals surface area contributed by atoms with Crippen LogP contribution in [0.15, 0.2) is 12.1 Å². The van der Waals surface area contributed by atoms with Crippen LogP contribution in [0.3, 0.4) is 0 Å². The average molecular weight is 210 g/mol. The molecule has 0 aromatic rings. The van der Waals surface area contributed by atoms with Crippen LogP contribution in [0.25, 0.3) is 0 Å². The maximum Gasteiger partial charge on any atom is 0.486 e. The molecule has 1 rings (SSSR count). The Balaban J connectivity index is 2.45. The molecule has 3 heteroatoms. The Morgan fingerprint density at radius 1 is 1.07 bits per heavy atom. The van der Waals surface area contributed by atoms with Gasteiger partial charge in [0.2, 0.25) is 0 Å². The lowest BCUT2D eigenvalue weighted by molar-refractivity contribution is 0.00578. The Hall–Kier alpha value is -0.275. The van der Waals surface area contributed by atoms with Crippen LogP contribution in [-0.4, -0.2) is 18.3 Å². The third kappa shape index (κ3) is 3.09. The van der Waals surface area contributed by atoms with E-state index in [9.17, 15) is 0 Å². The van der Waals surface area contributed by atoms with Gasteiger partial charge < -0.3 is 9.31 Å². The van der Waals surface area contributed by atoms with Gasteiger partial charge in [0.15, 0.2) is 0 Å². The van der Waals surface area contributed by atoms with Crippen LogP contribution in [0.1, 0.15) is 53.9 Å². The molecule has 0 unspecified atom stereocenters. The van der Waals surface area contributed by atoms with E-state index in [4.69, 9.17) is 9.31 Å². The minimum Gasteiger partial charge on any atom is -0.400 e. The molecule has 0 radical (unpaired) electrons. The molecular weight excluding hydrogens is 187 g/mol. The summed E-state index contributed by atoms with van der Waals surface area (Å²) < 4.78 is 11.7. The summed E-state index contributed by atoms with van der Waals surface area (Å²) in [5, 5.41) is 0. The van der Waals surface area contributed by atoms with Gasteiger partial charge >= 0.3 is 7.12 Å². The van der Waals surface area contributed by atoms with Gasteiger partial charge in [0.1, 0.15) is 0 Å². The molecule has 1 aliphatic rings. The number of hydrogen-bond donors (Lipinski definition) is 0. The fourth-order valence-corrected chi connectivity index (χ4v) is 1.50. The zero-order valence-corrected chi connectivity index (χ0v) is 10.7. The average Bonchev–Trinajstić information content (AvgIpc) is 2.30. The van der Waals surface area contributed by atoms with Gasteiger partial charge in [-0.25, -0.2) is 0 Å². The molecule has 0 aliphatic carbocycles. The number of rotatable bonds is 4. The Labute approximate surface area is 94.2 Å². The highest BCUT2D eigenvalue weighted by atomic mass is 16.7. The Kier molecular flexibility index (Phi) is 4.02. The molecule has 15 heavy (non-hydrogen) atoms. The van der Waals surface area contributed by atoms with Crippen molar-refractivity contribution in [3.63, 3.8) is 0 Å². The summed E-state index contributed by atoms with van der Waals surface area (Å²) in [5.41, 5.74) is -0.431. The Bertz CT molecular complexity index is 218. The molecule has 0 amide bonds. The van der Waals surface area contributed by atoms with Crippen molar-refractivity contribution in [2.75, 3.05) is 0 Å². The molecule has 2 nitrogen and oxygen atoms in total. The molecule has 0 aromatic heterocycles. The molecule has 0 atom stereocenters. The van der Waals surface area contributed by atoms with Gasteiger partial charge in [-0.15, -0.1) is 0 Å². The first-order valence-electron chi connectivity index (χ1n) is 5.91. The van der Waals surface area contributed by atoms with E-state index in [1.54, 1.807) is 0 Å². The summed E-state index contributed by atoms with van der Waals surface area (Å²) in [4.78, 5) is 0. The van der Waals surface area contributed by atoms with Crippen LogP contribution in [0.5, 0.6) is 0 Å². The lowest BCUT2D eigenvalue weighted by Crippen LogP contribution is -2.41. The van der Waals surface area contributed by atoms with Gasteiger partial charge in [-0.05, 0) is 34.1 Å². The fourth-order valence-electron chi connectivity index (χ4n) is 1.50. The van der Waals surface area contributed by atoms with Crippen LogP contribution in [0.2, 0.25) is 0 Å². The third-order valence-electron chi connectivity index (χ3n) is 3.29. The summed E-state index contributed by atoms with van der Waals surface area (Å²) in [6.07, 6.45) is 5.73. The minimum absolute atomic E-state index is 0.174. The quantitative estimate of drug-likeness (QED) is 0.523. The summed E-state index contributed by atoms with van der Waals surface area (Å²) >= 11 is 0.